The van der Waals surface area contributed by atoms with Gasteiger partial charge in [-0.1, -0.05) is 0 Å². The normalized spacial score (nSPS) is 9.67. The molecule has 0 aromatic heterocycles. The van der Waals surface area contributed by atoms with E-state index in [9.17, 15) is 4.39 Å². The largest absolute Gasteiger partial charge is 0.496 e. The van der Waals surface area contributed by atoms with Crippen LogP contribution in [0.4, 0.5) is 10.1 Å². The average molecular weight is 169 g/mol. The van der Waals surface area contributed by atoms with Crippen LogP contribution in [0.15, 0.2) is 12.1 Å². The van der Waals surface area contributed by atoms with Gasteiger partial charge in [-0.3, -0.25) is 0 Å². The van der Waals surface area contributed by atoms with E-state index in [1.165, 1.54) is 13.2 Å². The number of rotatable bonds is 2. The van der Waals surface area contributed by atoms with Crippen molar-refractivity contribution in [2.24, 2.45) is 0 Å². The van der Waals surface area contributed by atoms with E-state index < -0.39 is 0 Å². The van der Waals surface area contributed by atoms with Gasteiger partial charge < -0.3 is 10.1 Å². The first-order valence-corrected chi connectivity index (χ1v) is 3.71. The Morgan fingerprint density at radius 3 is 2.58 bits per heavy atom. The second-order valence-electron chi connectivity index (χ2n) is 2.54. The molecule has 0 unspecified atom stereocenters. The van der Waals surface area contributed by atoms with Crippen LogP contribution in [0, 0.1) is 12.7 Å². The Bertz CT molecular complexity index is 286. The Kier molecular flexibility index (Phi) is 2.53. The average Bonchev–Trinajstić information content (AvgIpc) is 2.09. The van der Waals surface area contributed by atoms with Crippen molar-refractivity contribution < 1.29 is 9.13 Å². The Hall–Kier alpha value is -1.25. The van der Waals surface area contributed by atoms with Crippen molar-refractivity contribution in [1.82, 2.24) is 0 Å². The van der Waals surface area contributed by atoms with Crippen LogP contribution in [0.3, 0.4) is 0 Å². The lowest BCUT2D eigenvalue weighted by molar-refractivity contribution is 0.407. The van der Waals surface area contributed by atoms with Gasteiger partial charge in [0.1, 0.15) is 11.6 Å². The summed E-state index contributed by atoms with van der Waals surface area (Å²) < 4.78 is 18.1. The Morgan fingerprint density at radius 2 is 2.08 bits per heavy atom. The van der Waals surface area contributed by atoms with E-state index in [0.29, 0.717) is 11.3 Å². The maximum atomic E-state index is 13.1. The summed E-state index contributed by atoms with van der Waals surface area (Å²) in [5, 5.41) is 2.85. The third-order valence-corrected chi connectivity index (χ3v) is 1.81. The highest BCUT2D eigenvalue weighted by Gasteiger charge is 2.05. The van der Waals surface area contributed by atoms with Crippen LogP contribution in [-0.4, -0.2) is 14.2 Å². The van der Waals surface area contributed by atoms with Crippen LogP contribution in [-0.2, 0) is 0 Å². The van der Waals surface area contributed by atoms with Crippen LogP contribution in [0.2, 0.25) is 0 Å². The van der Waals surface area contributed by atoms with E-state index in [2.05, 4.69) is 5.32 Å². The van der Waals surface area contributed by atoms with Gasteiger partial charge >= 0.3 is 0 Å². The van der Waals surface area contributed by atoms with Crippen molar-refractivity contribution in [3.8, 4) is 5.75 Å². The molecule has 0 saturated carbocycles. The van der Waals surface area contributed by atoms with E-state index >= 15 is 0 Å². The number of hydrogen-bond donors (Lipinski definition) is 1. The van der Waals surface area contributed by atoms with Gasteiger partial charge in [0.25, 0.3) is 0 Å². The molecule has 0 saturated heterocycles. The predicted molar refractivity (Wildman–Crippen MR) is 47.2 cm³/mol. The molecule has 0 aliphatic heterocycles. The van der Waals surface area contributed by atoms with E-state index in [-0.39, 0.29) is 5.82 Å². The molecule has 1 rings (SSSR count). The second kappa shape index (κ2) is 3.43. The van der Waals surface area contributed by atoms with E-state index in [1.807, 2.05) is 0 Å². The van der Waals surface area contributed by atoms with E-state index in [4.69, 9.17) is 4.74 Å². The van der Waals surface area contributed by atoms with Crippen LogP contribution in [0.5, 0.6) is 5.75 Å². The highest BCUT2D eigenvalue weighted by molar-refractivity contribution is 5.51. The molecule has 66 valence electrons. The SMILES string of the molecule is CNc1cc(F)c(C)c(OC)c1. The van der Waals surface area contributed by atoms with Gasteiger partial charge in [-0.2, -0.15) is 0 Å². The van der Waals surface area contributed by atoms with Crippen LogP contribution in [0.1, 0.15) is 5.56 Å². The number of ether oxygens (including phenoxy) is 1. The van der Waals surface area contributed by atoms with Gasteiger partial charge in [0.2, 0.25) is 0 Å². The monoisotopic (exact) mass is 169 g/mol. The highest BCUT2D eigenvalue weighted by atomic mass is 19.1. The summed E-state index contributed by atoms with van der Waals surface area (Å²) in [4.78, 5) is 0. The van der Waals surface area contributed by atoms with Gasteiger partial charge in [-0.05, 0) is 13.0 Å². The van der Waals surface area contributed by atoms with Gasteiger partial charge in [-0.25, -0.2) is 4.39 Å². The molecule has 1 aromatic carbocycles. The van der Waals surface area contributed by atoms with Crippen LogP contribution in [0.25, 0.3) is 0 Å². The molecular formula is C9H12FNO. The lowest BCUT2D eigenvalue weighted by Crippen LogP contribution is -1.95. The first-order valence-electron chi connectivity index (χ1n) is 3.71. The number of hydrogen-bond acceptors (Lipinski definition) is 2. The summed E-state index contributed by atoms with van der Waals surface area (Å²) in [5.74, 6) is 0.318. The summed E-state index contributed by atoms with van der Waals surface area (Å²) >= 11 is 0. The van der Waals surface area contributed by atoms with Crippen LogP contribution < -0.4 is 10.1 Å². The molecule has 12 heavy (non-hydrogen) atoms. The summed E-state index contributed by atoms with van der Waals surface area (Å²) in [6.07, 6.45) is 0. The van der Waals surface area contributed by atoms with Crippen molar-refractivity contribution in [2.75, 3.05) is 19.5 Å². The summed E-state index contributed by atoms with van der Waals surface area (Å²) in [5.41, 5.74) is 1.26. The van der Waals surface area contributed by atoms with Crippen molar-refractivity contribution >= 4 is 5.69 Å². The zero-order chi connectivity index (χ0) is 9.14. The lowest BCUT2D eigenvalue weighted by atomic mass is 10.2. The molecule has 0 amide bonds. The fourth-order valence-corrected chi connectivity index (χ4v) is 1.01. The summed E-state index contributed by atoms with van der Waals surface area (Å²) in [7, 11) is 3.27. The minimum Gasteiger partial charge on any atom is -0.496 e. The first-order chi connectivity index (χ1) is 5.69. The topological polar surface area (TPSA) is 21.3 Å². The van der Waals surface area contributed by atoms with Crippen molar-refractivity contribution in [3.05, 3.63) is 23.5 Å². The fraction of sp³-hybridized carbons (Fsp3) is 0.333. The molecule has 3 heteroatoms. The van der Waals surface area contributed by atoms with E-state index in [1.54, 1.807) is 20.0 Å². The Labute approximate surface area is 71.4 Å². The molecule has 2 nitrogen and oxygen atoms in total. The van der Waals surface area contributed by atoms with Gasteiger partial charge in [0.05, 0.1) is 7.11 Å². The number of halogens is 1. The maximum Gasteiger partial charge on any atom is 0.131 e. The second-order valence-corrected chi connectivity index (χ2v) is 2.54. The van der Waals surface area contributed by atoms with Gasteiger partial charge in [-0.15, -0.1) is 0 Å². The molecule has 0 radical (unpaired) electrons. The lowest BCUT2D eigenvalue weighted by Gasteiger charge is -2.08. The predicted octanol–water partition coefficient (Wildman–Crippen LogP) is 2.18. The quantitative estimate of drug-likeness (QED) is 0.732. The van der Waals surface area contributed by atoms with Crippen molar-refractivity contribution in [3.63, 3.8) is 0 Å². The first kappa shape index (κ1) is 8.84. The minimum absolute atomic E-state index is 0.251. The number of nitrogens with one attached hydrogen (secondary N) is 1. The third-order valence-electron chi connectivity index (χ3n) is 1.81. The molecule has 0 aliphatic carbocycles. The highest BCUT2D eigenvalue weighted by Crippen LogP contribution is 2.24. The van der Waals surface area contributed by atoms with Gasteiger partial charge in [0.15, 0.2) is 0 Å². The zero-order valence-corrected chi connectivity index (χ0v) is 7.44. The van der Waals surface area contributed by atoms with Crippen molar-refractivity contribution in [2.45, 2.75) is 6.92 Å². The standard InChI is InChI=1S/C9H12FNO/c1-6-8(10)4-7(11-2)5-9(6)12-3/h4-5,11H,1-3H3. The number of anilines is 1. The molecule has 0 atom stereocenters. The molecule has 1 N–H and O–H groups in total. The summed E-state index contributed by atoms with van der Waals surface area (Å²) in [6.45, 7) is 1.69. The Balaban J connectivity index is 3.19. The third kappa shape index (κ3) is 1.49. The minimum atomic E-state index is -0.251. The van der Waals surface area contributed by atoms with Gasteiger partial charge in [0, 0.05) is 24.4 Å². The molecule has 0 fully saturated rings. The molecule has 0 spiro atoms. The zero-order valence-electron chi connectivity index (χ0n) is 7.44. The van der Waals surface area contributed by atoms with E-state index in [0.717, 1.165) is 5.69 Å². The van der Waals surface area contributed by atoms with Crippen LogP contribution >= 0.6 is 0 Å². The molecule has 0 heterocycles. The smallest absolute Gasteiger partial charge is 0.131 e. The number of methoxy groups -OCH3 is 1. The molecular weight excluding hydrogens is 157 g/mol. The Morgan fingerprint density at radius 1 is 1.42 bits per heavy atom. The fourth-order valence-electron chi connectivity index (χ4n) is 1.01. The van der Waals surface area contributed by atoms with Crippen molar-refractivity contribution in [1.29, 1.82) is 0 Å². The molecule has 0 bridgehead atoms. The number of benzene rings is 1. The molecule has 0 aliphatic rings. The maximum absolute atomic E-state index is 13.1. The molecule has 1 aromatic rings. The summed E-state index contributed by atoms with van der Waals surface area (Å²) in [6, 6.07) is 3.20.